The van der Waals surface area contributed by atoms with Gasteiger partial charge in [-0.3, -0.25) is 0 Å². The van der Waals surface area contributed by atoms with E-state index >= 15 is 0 Å². The van der Waals surface area contributed by atoms with E-state index in [4.69, 9.17) is 16.6 Å². The molecule has 25 heavy (non-hydrogen) atoms. The van der Waals surface area contributed by atoms with Gasteiger partial charge in [0.1, 0.15) is 5.82 Å². The van der Waals surface area contributed by atoms with Crippen molar-refractivity contribution in [2.24, 2.45) is 5.92 Å². The molecule has 2 aromatic carbocycles. The Morgan fingerprint density at radius 1 is 1.12 bits per heavy atom. The van der Waals surface area contributed by atoms with E-state index in [-0.39, 0.29) is 0 Å². The number of halogens is 1. The average molecular weight is 354 g/mol. The molecule has 1 fully saturated rings. The number of hydrogen-bond acceptors (Lipinski definition) is 2. The van der Waals surface area contributed by atoms with Gasteiger partial charge in [0.2, 0.25) is 0 Å². The summed E-state index contributed by atoms with van der Waals surface area (Å²) in [5.74, 6) is 1.88. The smallest absolute Gasteiger partial charge is 0.114 e. The van der Waals surface area contributed by atoms with Crippen LogP contribution in [0.2, 0.25) is 5.02 Å². The maximum Gasteiger partial charge on any atom is 0.114 e. The molecule has 0 saturated carbocycles. The molecule has 0 unspecified atom stereocenters. The minimum Gasteiger partial charge on any atom is -0.327 e. The maximum absolute atomic E-state index is 6.03. The van der Waals surface area contributed by atoms with E-state index < -0.39 is 0 Å². The van der Waals surface area contributed by atoms with Crippen LogP contribution in [0.1, 0.15) is 29.8 Å². The number of aryl methyl sites for hydroxylation is 1. The molecule has 0 amide bonds. The van der Waals surface area contributed by atoms with Gasteiger partial charge in [0.25, 0.3) is 0 Å². The van der Waals surface area contributed by atoms with Crippen molar-refractivity contribution in [3.8, 4) is 0 Å². The van der Waals surface area contributed by atoms with E-state index in [1.807, 2.05) is 12.1 Å². The number of piperidine rings is 1. The number of nitrogens with one attached hydrogen (secondary N) is 1. The second-order valence-corrected chi connectivity index (χ2v) is 7.56. The van der Waals surface area contributed by atoms with Crippen molar-refractivity contribution in [3.05, 3.63) is 64.4 Å². The van der Waals surface area contributed by atoms with Gasteiger partial charge in [0, 0.05) is 18.0 Å². The summed E-state index contributed by atoms with van der Waals surface area (Å²) in [5.41, 5.74) is 4.88. The van der Waals surface area contributed by atoms with Gasteiger partial charge in [-0.2, -0.15) is 0 Å². The number of rotatable bonds is 4. The largest absolute Gasteiger partial charge is 0.327 e. The zero-order valence-corrected chi connectivity index (χ0v) is 15.4. The van der Waals surface area contributed by atoms with Crippen molar-refractivity contribution in [2.45, 2.75) is 32.7 Å². The van der Waals surface area contributed by atoms with Crippen LogP contribution >= 0.6 is 11.6 Å². The molecule has 2 heterocycles. The molecule has 1 aliphatic rings. The molecule has 3 nitrogen and oxygen atoms in total. The zero-order valence-electron chi connectivity index (χ0n) is 14.6. The Balaban J connectivity index is 1.70. The van der Waals surface area contributed by atoms with E-state index in [2.05, 4.69) is 47.1 Å². The summed E-state index contributed by atoms with van der Waals surface area (Å²) in [4.78, 5) is 4.97. The Bertz CT molecular complexity index is 861. The van der Waals surface area contributed by atoms with Crippen LogP contribution in [0.15, 0.2) is 42.5 Å². The molecule has 0 bridgehead atoms. The third-order valence-electron chi connectivity index (χ3n) is 5.16. The predicted molar refractivity (Wildman–Crippen MR) is 104 cm³/mol. The highest BCUT2D eigenvalue weighted by Crippen LogP contribution is 2.24. The van der Waals surface area contributed by atoms with Crippen LogP contribution in [-0.4, -0.2) is 22.6 Å². The molecular weight excluding hydrogens is 330 g/mol. The Labute approximate surface area is 154 Å². The molecule has 0 radical (unpaired) electrons. The highest BCUT2D eigenvalue weighted by Gasteiger charge is 2.18. The van der Waals surface area contributed by atoms with Crippen LogP contribution in [0.5, 0.6) is 0 Å². The molecule has 0 aliphatic carbocycles. The van der Waals surface area contributed by atoms with Crippen LogP contribution in [0.25, 0.3) is 11.0 Å². The number of benzene rings is 2. The summed E-state index contributed by atoms with van der Waals surface area (Å²) in [6.45, 7) is 5.44. The third kappa shape index (κ3) is 3.73. The third-order valence-corrected chi connectivity index (χ3v) is 5.41. The Hall–Kier alpha value is -1.84. The van der Waals surface area contributed by atoms with Crippen molar-refractivity contribution < 1.29 is 0 Å². The summed E-state index contributed by atoms with van der Waals surface area (Å²) < 4.78 is 2.44. The van der Waals surface area contributed by atoms with Crippen LogP contribution < -0.4 is 5.32 Å². The maximum atomic E-state index is 6.03. The van der Waals surface area contributed by atoms with Gasteiger partial charge in [-0.15, -0.1) is 0 Å². The molecule has 1 aliphatic heterocycles. The highest BCUT2D eigenvalue weighted by atomic mass is 35.5. The van der Waals surface area contributed by atoms with Gasteiger partial charge >= 0.3 is 0 Å². The van der Waals surface area contributed by atoms with Crippen LogP contribution in [0.3, 0.4) is 0 Å². The van der Waals surface area contributed by atoms with E-state index in [1.54, 1.807) is 0 Å². The first-order chi connectivity index (χ1) is 12.2. The summed E-state index contributed by atoms with van der Waals surface area (Å²) in [6, 6.07) is 14.7. The first-order valence-electron chi connectivity index (χ1n) is 9.10. The number of nitrogens with zero attached hydrogens (tertiary/aromatic N) is 2. The summed E-state index contributed by atoms with van der Waals surface area (Å²) in [6.07, 6.45) is 3.33. The average Bonchev–Trinajstić information content (AvgIpc) is 2.94. The predicted octanol–water partition coefficient (Wildman–Crippen LogP) is 4.59. The lowest BCUT2D eigenvalue weighted by molar-refractivity contribution is 0.333. The number of hydrogen-bond donors (Lipinski definition) is 1. The van der Waals surface area contributed by atoms with Crippen molar-refractivity contribution in [2.75, 3.05) is 13.1 Å². The van der Waals surface area contributed by atoms with Gasteiger partial charge in [-0.05, 0) is 74.2 Å². The minimum absolute atomic E-state index is 0.726. The fourth-order valence-electron chi connectivity index (χ4n) is 3.74. The first-order valence-corrected chi connectivity index (χ1v) is 9.48. The number of fused-ring (bicyclic) bond motifs is 1. The van der Waals surface area contributed by atoms with Crippen molar-refractivity contribution in [1.29, 1.82) is 0 Å². The summed E-state index contributed by atoms with van der Waals surface area (Å²) in [7, 11) is 0. The Morgan fingerprint density at radius 3 is 2.64 bits per heavy atom. The minimum atomic E-state index is 0.726. The molecule has 1 N–H and O–H groups in total. The molecule has 3 aromatic rings. The first kappa shape index (κ1) is 16.6. The molecule has 4 rings (SSSR count). The molecule has 4 heteroatoms. The SMILES string of the molecule is Cc1ccc2c(c1)nc(Cc1ccc(Cl)cc1)n2CC1CCNCC1. The van der Waals surface area contributed by atoms with Crippen molar-refractivity contribution in [3.63, 3.8) is 0 Å². The fourth-order valence-corrected chi connectivity index (χ4v) is 3.86. The fraction of sp³-hybridized carbons (Fsp3) is 0.381. The lowest BCUT2D eigenvalue weighted by Crippen LogP contribution is -2.30. The van der Waals surface area contributed by atoms with Crippen molar-refractivity contribution >= 4 is 22.6 Å². The van der Waals surface area contributed by atoms with Gasteiger partial charge < -0.3 is 9.88 Å². The van der Waals surface area contributed by atoms with Crippen molar-refractivity contribution in [1.82, 2.24) is 14.9 Å². The van der Waals surface area contributed by atoms with E-state index in [0.29, 0.717) is 0 Å². The van der Waals surface area contributed by atoms with E-state index in [0.717, 1.165) is 48.3 Å². The summed E-state index contributed by atoms with van der Waals surface area (Å²) in [5, 5.41) is 4.24. The highest BCUT2D eigenvalue weighted by molar-refractivity contribution is 6.30. The van der Waals surface area contributed by atoms with Gasteiger partial charge in [0.05, 0.1) is 11.0 Å². The van der Waals surface area contributed by atoms with E-state index in [9.17, 15) is 0 Å². The molecule has 1 saturated heterocycles. The van der Waals surface area contributed by atoms with E-state index in [1.165, 1.54) is 29.5 Å². The molecule has 0 spiro atoms. The quantitative estimate of drug-likeness (QED) is 0.743. The molecular formula is C21H24ClN3. The van der Waals surface area contributed by atoms with Gasteiger partial charge in [0.15, 0.2) is 0 Å². The lowest BCUT2D eigenvalue weighted by atomic mass is 9.98. The van der Waals surface area contributed by atoms with Crippen LogP contribution in [0, 0.1) is 12.8 Å². The van der Waals surface area contributed by atoms with Gasteiger partial charge in [-0.1, -0.05) is 29.8 Å². The van der Waals surface area contributed by atoms with Crippen LogP contribution in [-0.2, 0) is 13.0 Å². The molecule has 130 valence electrons. The lowest BCUT2D eigenvalue weighted by Gasteiger charge is -2.24. The normalized spacial score (nSPS) is 15.8. The second-order valence-electron chi connectivity index (χ2n) is 7.13. The number of imidazole rings is 1. The molecule has 0 atom stereocenters. The number of aromatic nitrogens is 2. The monoisotopic (exact) mass is 353 g/mol. The topological polar surface area (TPSA) is 29.9 Å². The summed E-state index contributed by atoms with van der Waals surface area (Å²) >= 11 is 6.03. The Morgan fingerprint density at radius 2 is 1.88 bits per heavy atom. The second kappa shape index (κ2) is 7.19. The van der Waals surface area contributed by atoms with Gasteiger partial charge in [-0.25, -0.2) is 4.98 Å². The standard InChI is InChI=1S/C21H24ClN3/c1-15-2-7-20-19(12-15)24-21(13-16-3-5-18(22)6-4-16)25(20)14-17-8-10-23-11-9-17/h2-7,12,17,23H,8-11,13-14H2,1H3. The molecule has 1 aromatic heterocycles. The zero-order chi connectivity index (χ0) is 17.2. The van der Waals surface area contributed by atoms with Crippen LogP contribution in [0.4, 0.5) is 0 Å². The Kier molecular flexibility index (Phi) is 4.78.